The van der Waals surface area contributed by atoms with Crippen molar-refractivity contribution in [3.63, 3.8) is 0 Å². The van der Waals surface area contributed by atoms with E-state index in [9.17, 15) is 14.0 Å². The van der Waals surface area contributed by atoms with Gasteiger partial charge in [-0.05, 0) is 36.2 Å². The fourth-order valence-electron chi connectivity index (χ4n) is 3.17. The zero-order valence-electron chi connectivity index (χ0n) is 15.1. The molecule has 0 saturated carbocycles. The number of carbonyl (C=O) groups is 2. The van der Waals surface area contributed by atoms with E-state index in [1.54, 1.807) is 6.20 Å². The lowest BCUT2D eigenvalue weighted by atomic mass is 9.89. The lowest BCUT2D eigenvalue weighted by molar-refractivity contribution is -0.134. The van der Waals surface area contributed by atoms with Gasteiger partial charge >= 0.3 is 5.97 Å². The number of nitrogens with zero attached hydrogens (tertiary/aromatic N) is 1. The summed E-state index contributed by atoms with van der Waals surface area (Å²) in [5.41, 5.74) is 0.461. The summed E-state index contributed by atoms with van der Waals surface area (Å²) in [6.07, 6.45) is 2.53. The molecule has 1 aromatic heterocycles. The first-order chi connectivity index (χ1) is 13.4. The van der Waals surface area contributed by atoms with Gasteiger partial charge in [-0.2, -0.15) is 0 Å². The second kappa shape index (κ2) is 7.16. The number of nitrogens with one attached hydrogen (secondary N) is 1. The molecule has 2 aromatic carbocycles. The summed E-state index contributed by atoms with van der Waals surface area (Å²) in [6.45, 7) is 1.52. The molecule has 0 fully saturated rings. The molecule has 1 unspecified atom stereocenters. The van der Waals surface area contributed by atoms with Crippen LogP contribution in [0.5, 0.6) is 0 Å². The normalized spacial score (nSPS) is 18.3. The highest BCUT2D eigenvalue weighted by Crippen LogP contribution is 2.30. The molecule has 2 heterocycles. The molecule has 5 nitrogen and oxygen atoms in total. The van der Waals surface area contributed by atoms with Crippen LogP contribution in [0.2, 0.25) is 0 Å². The minimum atomic E-state index is -1.43. The summed E-state index contributed by atoms with van der Waals surface area (Å²) >= 11 is 1.36. The highest BCUT2D eigenvalue weighted by atomic mass is 32.1. The van der Waals surface area contributed by atoms with Crippen LogP contribution in [0.1, 0.15) is 33.3 Å². The number of rotatable bonds is 4. The molecular weight excluding hydrogens is 379 g/mol. The molecule has 0 bridgehead atoms. The SMILES string of the molecule is CC1(C(=O)Nc2ncc(Cc3ccccc3)s2)Cc2cc(F)ccc2C(=O)O1. The number of aromatic nitrogens is 1. The third-order valence-corrected chi connectivity index (χ3v) is 5.52. The molecule has 1 N–H and O–H groups in total. The van der Waals surface area contributed by atoms with Gasteiger partial charge in [-0.3, -0.25) is 10.1 Å². The van der Waals surface area contributed by atoms with Gasteiger partial charge in [-0.15, -0.1) is 11.3 Å². The Morgan fingerprint density at radius 3 is 2.86 bits per heavy atom. The zero-order chi connectivity index (χ0) is 19.7. The van der Waals surface area contributed by atoms with Gasteiger partial charge in [0.25, 0.3) is 5.91 Å². The second-order valence-corrected chi connectivity index (χ2v) is 7.96. The fourth-order valence-corrected chi connectivity index (χ4v) is 4.01. The average molecular weight is 396 g/mol. The van der Waals surface area contributed by atoms with Crippen LogP contribution in [0.25, 0.3) is 0 Å². The summed E-state index contributed by atoms with van der Waals surface area (Å²) in [5, 5.41) is 3.15. The second-order valence-electron chi connectivity index (χ2n) is 6.85. The van der Waals surface area contributed by atoms with Crippen LogP contribution in [0.4, 0.5) is 9.52 Å². The molecule has 0 aliphatic carbocycles. The molecule has 1 amide bonds. The van der Waals surface area contributed by atoms with Crippen LogP contribution >= 0.6 is 11.3 Å². The maximum atomic E-state index is 13.5. The van der Waals surface area contributed by atoms with Gasteiger partial charge in [0.2, 0.25) is 0 Å². The molecular formula is C21H17FN2O3S. The minimum absolute atomic E-state index is 0.0971. The lowest BCUT2D eigenvalue weighted by Gasteiger charge is -2.32. The number of thiazole rings is 1. The molecule has 28 heavy (non-hydrogen) atoms. The molecule has 1 aliphatic rings. The van der Waals surface area contributed by atoms with Crippen LogP contribution in [-0.2, 0) is 22.4 Å². The van der Waals surface area contributed by atoms with Crippen molar-refractivity contribution in [2.24, 2.45) is 0 Å². The first-order valence-corrected chi connectivity index (χ1v) is 9.56. The molecule has 3 aromatic rings. The van der Waals surface area contributed by atoms with E-state index in [-0.39, 0.29) is 12.0 Å². The largest absolute Gasteiger partial charge is 0.445 e. The van der Waals surface area contributed by atoms with Crippen molar-refractivity contribution in [2.45, 2.75) is 25.4 Å². The first-order valence-electron chi connectivity index (χ1n) is 8.75. The standard InChI is InChI=1S/C21H17FN2O3S/c1-21(11-14-10-15(22)7-8-17(14)18(25)27-21)19(26)24-20-23-12-16(28-20)9-13-5-3-2-4-6-13/h2-8,10,12H,9,11H2,1H3,(H,23,24,26). The van der Waals surface area contributed by atoms with Gasteiger partial charge in [0.05, 0.1) is 5.56 Å². The van der Waals surface area contributed by atoms with Gasteiger partial charge < -0.3 is 4.74 Å². The third-order valence-electron chi connectivity index (χ3n) is 4.61. The smallest absolute Gasteiger partial charge is 0.339 e. The van der Waals surface area contributed by atoms with E-state index in [2.05, 4.69) is 10.3 Å². The quantitative estimate of drug-likeness (QED) is 0.678. The summed E-state index contributed by atoms with van der Waals surface area (Å²) in [6, 6.07) is 13.8. The molecule has 142 valence electrons. The Hall–Kier alpha value is -3.06. The maximum Gasteiger partial charge on any atom is 0.339 e. The molecule has 0 saturated heterocycles. The van der Waals surface area contributed by atoms with E-state index in [0.717, 1.165) is 10.4 Å². The van der Waals surface area contributed by atoms with E-state index >= 15 is 0 Å². The van der Waals surface area contributed by atoms with Crippen molar-refractivity contribution in [3.8, 4) is 0 Å². The molecule has 0 radical (unpaired) electrons. The first kappa shape index (κ1) is 18.3. The summed E-state index contributed by atoms with van der Waals surface area (Å²) in [5.74, 6) is -1.58. The number of halogens is 1. The highest BCUT2D eigenvalue weighted by molar-refractivity contribution is 7.15. The van der Waals surface area contributed by atoms with Crippen LogP contribution < -0.4 is 5.32 Å². The van der Waals surface area contributed by atoms with Crippen LogP contribution in [-0.4, -0.2) is 22.5 Å². The van der Waals surface area contributed by atoms with Gasteiger partial charge in [0.1, 0.15) is 5.82 Å². The lowest BCUT2D eigenvalue weighted by Crippen LogP contribution is -2.48. The van der Waals surface area contributed by atoms with Crippen LogP contribution in [0.15, 0.2) is 54.7 Å². The van der Waals surface area contributed by atoms with E-state index in [4.69, 9.17) is 4.74 Å². The monoisotopic (exact) mass is 396 g/mol. The van der Waals surface area contributed by atoms with Gasteiger partial charge in [0.15, 0.2) is 10.7 Å². The number of esters is 1. The van der Waals surface area contributed by atoms with Gasteiger partial charge in [0, 0.05) is 23.9 Å². The number of anilines is 1. The maximum absolute atomic E-state index is 13.5. The molecule has 4 rings (SSSR count). The van der Waals surface area contributed by atoms with Crippen molar-refractivity contribution in [2.75, 3.05) is 5.32 Å². The summed E-state index contributed by atoms with van der Waals surface area (Å²) in [4.78, 5) is 30.3. The van der Waals surface area contributed by atoms with Crippen molar-refractivity contribution in [1.82, 2.24) is 4.98 Å². The van der Waals surface area contributed by atoms with Crippen molar-refractivity contribution >= 4 is 28.3 Å². The Morgan fingerprint density at radius 2 is 2.07 bits per heavy atom. The fraction of sp³-hybridized carbons (Fsp3) is 0.190. The Labute approximate surface area is 165 Å². The summed E-state index contributed by atoms with van der Waals surface area (Å²) < 4.78 is 18.9. The number of ether oxygens (including phenoxy) is 1. The summed E-state index contributed by atoms with van der Waals surface area (Å²) in [7, 11) is 0. The van der Waals surface area contributed by atoms with E-state index in [1.807, 2.05) is 30.3 Å². The zero-order valence-corrected chi connectivity index (χ0v) is 15.9. The van der Waals surface area contributed by atoms with E-state index < -0.39 is 23.3 Å². The highest BCUT2D eigenvalue weighted by Gasteiger charge is 2.43. The number of carbonyl (C=O) groups excluding carboxylic acids is 2. The topological polar surface area (TPSA) is 68.3 Å². The predicted molar refractivity (Wildman–Crippen MR) is 104 cm³/mol. The average Bonchev–Trinajstić information content (AvgIpc) is 3.08. The number of hydrogen-bond acceptors (Lipinski definition) is 5. The predicted octanol–water partition coefficient (Wildman–Crippen LogP) is 3.98. The minimum Gasteiger partial charge on any atom is -0.445 e. The van der Waals surface area contributed by atoms with Crippen molar-refractivity contribution < 1.29 is 18.7 Å². The van der Waals surface area contributed by atoms with E-state index in [1.165, 1.54) is 36.5 Å². The molecule has 0 spiro atoms. The number of hydrogen-bond donors (Lipinski definition) is 1. The molecule has 1 atom stereocenters. The van der Waals surface area contributed by atoms with Crippen molar-refractivity contribution in [3.05, 3.63) is 82.1 Å². The Bertz CT molecular complexity index is 1050. The van der Waals surface area contributed by atoms with Gasteiger partial charge in [-0.25, -0.2) is 14.2 Å². The Balaban J connectivity index is 1.49. The third kappa shape index (κ3) is 3.66. The Morgan fingerprint density at radius 1 is 1.29 bits per heavy atom. The number of fused-ring (bicyclic) bond motifs is 1. The van der Waals surface area contributed by atoms with Crippen LogP contribution in [0, 0.1) is 5.82 Å². The Kier molecular flexibility index (Phi) is 4.68. The number of cyclic esters (lactones) is 1. The molecule has 7 heteroatoms. The number of amides is 1. The van der Waals surface area contributed by atoms with E-state index in [0.29, 0.717) is 17.1 Å². The molecule has 1 aliphatic heterocycles. The number of benzene rings is 2. The van der Waals surface area contributed by atoms with Crippen molar-refractivity contribution in [1.29, 1.82) is 0 Å². The van der Waals surface area contributed by atoms with Gasteiger partial charge in [-0.1, -0.05) is 30.3 Å². The van der Waals surface area contributed by atoms with Crippen LogP contribution in [0.3, 0.4) is 0 Å².